The number of hydrogen-bond acceptors (Lipinski definition) is 3. The first-order valence-corrected chi connectivity index (χ1v) is 24.6. The Balaban J connectivity index is 0.837. The zero-order valence-corrected chi connectivity index (χ0v) is 38.8. The van der Waals surface area contributed by atoms with Gasteiger partial charge in [-0.15, -0.1) is 0 Å². The molecule has 13 rings (SSSR count). The summed E-state index contributed by atoms with van der Waals surface area (Å²) in [6.07, 6.45) is 0. The first kappa shape index (κ1) is 39.8. The van der Waals surface area contributed by atoms with Crippen molar-refractivity contribution >= 4 is 62.4 Å². The Morgan fingerprint density at radius 2 is 0.881 bits per heavy atom. The highest BCUT2D eigenvalue weighted by Crippen LogP contribution is 2.57. The maximum absolute atomic E-state index is 2.54. The fourth-order valence-corrected chi connectivity index (χ4v) is 13.0. The van der Waals surface area contributed by atoms with Crippen molar-refractivity contribution < 1.29 is 0 Å². The smallest absolute Gasteiger partial charge is 0.0692 e. The molecule has 2 nitrogen and oxygen atoms in total. The molecule has 0 bridgehead atoms. The molecule has 67 heavy (non-hydrogen) atoms. The fourth-order valence-electron chi connectivity index (χ4n) is 10.6. The third-order valence-corrected chi connectivity index (χ3v) is 16.4. The second kappa shape index (κ2) is 15.8. The minimum absolute atomic E-state index is 0.134. The van der Waals surface area contributed by atoms with Gasteiger partial charge in [0, 0.05) is 53.6 Å². The molecule has 0 radical (unpaired) electrons. The summed E-state index contributed by atoms with van der Waals surface area (Å²) < 4.78 is 2.54. The van der Waals surface area contributed by atoms with Gasteiger partial charge in [-0.25, -0.2) is 0 Å². The van der Waals surface area contributed by atoms with Crippen LogP contribution >= 0.6 is 23.5 Å². The van der Waals surface area contributed by atoms with Gasteiger partial charge in [-0.3, -0.25) is 0 Å². The van der Waals surface area contributed by atoms with Gasteiger partial charge in [0.15, 0.2) is 0 Å². The van der Waals surface area contributed by atoms with Crippen LogP contribution < -0.4 is 4.90 Å². The van der Waals surface area contributed by atoms with E-state index < -0.39 is 0 Å². The van der Waals surface area contributed by atoms with Gasteiger partial charge in [-0.1, -0.05) is 195 Å². The first-order valence-electron chi connectivity index (χ1n) is 23.0. The molecular formula is C63H44N2S2. The molecule has 0 unspecified atom stereocenters. The van der Waals surface area contributed by atoms with Gasteiger partial charge in [0.1, 0.15) is 0 Å². The zero-order chi connectivity index (χ0) is 44.6. The lowest BCUT2D eigenvalue weighted by molar-refractivity contribution is 0.666. The zero-order valence-electron chi connectivity index (χ0n) is 37.2. The molecule has 0 saturated heterocycles. The van der Waals surface area contributed by atoms with Crippen LogP contribution in [0.15, 0.2) is 250 Å². The summed E-state index contributed by atoms with van der Waals surface area (Å²) in [5.41, 5.74) is 19.7. The topological polar surface area (TPSA) is 8.17 Å². The van der Waals surface area contributed by atoms with Crippen molar-refractivity contribution in [3.8, 4) is 50.2 Å². The van der Waals surface area contributed by atoms with Crippen LogP contribution in [0.3, 0.4) is 0 Å². The van der Waals surface area contributed by atoms with E-state index in [2.05, 4.69) is 254 Å². The van der Waals surface area contributed by atoms with E-state index in [-0.39, 0.29) is 5.41 Å². The Labute approximate surface area is 400 Å². The summed E-state index contributed by atoms with van der Waals surface area (Å²) in [5, 5.41) is 2.68. The van der Waals surface area contributed by atoms with Crippen LogP contribution in [-0.2, 0) is 5.41 Å². The minimum atomic E-state index is -0.134. The largest absolute Gasteiger partial charge is 0.311 e. The van der Waals surface area contributed by atoms with E-state index in [0.717, 1.165) is 17.1 Å². The van der Waals surface area contributed by atoms with E-state index in [1.807, 2.05) is 23.5 Å². The lowest BCUT2D eigenvalue weighted by Crippen LogP contribution is -2.15. The lowest BCUT2D eigenvalue weighted by atomic mass is 9.80. The van der Waals surface area contributed by atoms with Crippen molar-refractivity contribution in [1.82, 2.24) is 4.57 Å². The van der Waals surface area contributed by atoms with Gasteiger partial charge in [0.05, 0.1) is 15.9 Å². The van der Waals surface area contributed by atoms with E-state index in [9.17, 15) is 0 Å². The van der Waals surface area contributed by atoms with Crippen molar-refractivity contribution in [3.63, 3.8) is 0 Å². The SMILES string of the molecule is CC1(C)c2ccccc2-c2ccc3c(c21)c1ccc2c(c1n3-c1ccc(-c3ccc(-c4ccc(N(c5ccccc5)c5ccc(-c6ccccc6)cc5)cc4)cc3)cc1)Sc1ccccc1S2. The molecule has 1 aromatic heterocycles. The van der Waals surface area contributed by atoms with E-state index >= 15 is 0 Å². The van der Waals surface area contributed by atoms with Crippen molar-refractivity contribution in [2.75, 3.05) is 4.90 Å². The molecule has 0 spiro atoms. The van der Waals surface area contributed by atoms with E-state index in [0.29, 0.717) is 0 Å². The number of hydrogen-bond donors (Lipinski definition) is 0. The van der Waals surface area contributed by atoms with E-state index in [4.69, 9.17) is 0 Å². The number of anilines is 3. The molecule has 0 saturated carbocycles. The maximum Gasteiger partial charge on any atom is 0.0692 e. The molecule has 0 amide bonds. The van der Waals surface area contributed by atoms with Crippen LogP contribution in [0.1, 0.15) is 25.0 Å². The molecule has 2 aliphatic rings. The van der Waals surface area contributed by atoms with Crippen LogP contribution in [0.5, 0.6) is 0 Å². The van der Waals surface area contributed by atoms with Crippen molar-refractivity contribution in [2.24, 2.45) is 0 Å². The van der Waals surface area contributed by atoms with Crippen molar-refractivity contribution in [3.05, 3.63) is 242 Å². The number of fused-ring (bicyclic) bond motifs is 10. The Hall–Kier alpha value is -7.50. The molecule has 10 aromatic carbocycles. The summed E-state index contributed by atoms with van der Waals surface area (Å²) in [6, 6.07) is 84.5. The average Bonchev–Trinajstić information content (AvgIpc) is 3.85. The standard InChI is InChI=1S/C63H44N2S2/c1-63(2)54-18-10-9-17-51(54)52-37-39-55-59(60(52)63)53-38-40-58-62(67-57-20-12-11-19-56(57)66-58)61(53)65(55)50-35-29-46(30-36-50)43-23-21-42(22-24-43)45-27-33-49(34-28-45)64(47-15-7-4-8-16-47)48-31-25-44(26-32-48)41-13-5-3-6-14-41/h3-40H,1-2H3. The molecule has 0 N–H and O–H groups in total. The number of aromatic nitrogens is 1. The molecule has 318 valence electrons. The highest BCUT2D eigenvalue weighted by molar-refractivity contribution is 8.05. The minimum Gasteiger partial charge on any atom is -0.311 e. The third-order valence-electron chi connectivity index (χ3n) is 13.9. The molecule has 1 aliphatic heterocycles. The Kier molecular flexibility index (Phi) is 9.42. The van der Waals surface area contributed by atoms with Gasteiger partial charge >= 0.3 is 0 Å². The predicted molar refractivity (Wildman–Crippen MR) is 284 cm³/mol. The molecule has 11 aromatic rings. The number of para-hydroxylation sites is 1. The lowest BCUT2D eigenvalue weighted by Gasteiger charge is -2.26. The Morgan fingerprint density at radius 1 is 0.388 bits per heavy atom. The monoisotopic (exact) mass is 892 g/mol. The van der Waals surface area contributed by atoms with Crippen LogP contribution in [0.2, 0.25) is 0 Å². The summed E-state index contributed by atoms with van der Waals surface area (Å²) in [6.45, 7) is 4.81. The van der Waals surface area contributed by atoms with Crippen LogP contribution in [0.4, 0.5) is 17.1 Å². The number of rotatable bonds is 7. The van der Waals surface area contributed by atoms with Crippen molar-refractivity contribution in [2.45, 2.75) is 38.8 Å². The Morgan fingerprint density at radius 3 is 1.51 bits per heavy atom. The maximum atomic E-state index is 2.54. The molecular weight excluding hydrogens is 849 g/mol. The van der Waals surface area contributed by atoms with Gasteiger partial charge in [-0.2, -0.15) is 0 Å². The normalized spacial score (nSPS) is 13.2. The molecule has 1 aliphatic carbocycles. The van der Waals surface area contributed by atoms with Crippen LogP contribution in [0, 0.1) is 0 Å². The predicted octanol–water partition coefficient (Wildman–Crippen LogP) is 18.2. The fraction of sp³-hybridized carbons (Fsp3) is 0.0476. The van der Waals surface area contributed by atoms with Gasteiger partial charge < -0.3 is 9.47 Å². The van der Waals surface area contributed by atoms with Crippen LogP contribution in [-0.4, -0.2) is 4.57 Å². The van der Waals surface area contributed by atoms with Crippen LogP contribution in [0.25, 0.3) is 72.0 Å². The summed E-state index contributed by atoms with van der Waals surface area (Å²) in [5.74, 6) is 0. The molecule has 0 fully saturated rings. The average molecular weight is 893 g/mol. The summed E-state index contributed by atoms with van der Waals surface area (Å²) >= 11 is 3.80. The van der Waals surface area contributed by atoms with Gasteiger partial charge in [-0.05, 0) is 128 Å². The van der Waals surface area contributed by atoms with E-state index in [1.165, 1.54) is 103 Å². The number of nitrogens with zero attached hydrogens (tertiary/aromatic N) is 2. The molecule has 4 heteroatoms. The molecule has 0 atom stereocenters. The quantitative estimate of drug-likeness (QED) is 0.158. The van der Waals surface area contributed by atoms with Gasteiger partial charge in [0.2, 0.25) is 0 Å². The first-order chi connectivity index (χ1) is 33.0. The third kappa shape index (κ3) is 6.58. The highest BCUT2D eigenvalue weighted by atomic mass is 32.2. The Bertz CT molecular complexity index is 3670. The number of benzene rings is 10. The van der Waals surface area contributed by atoms with Crippen molar-refractivity contribution in [1.29, 1.82) is 0 Å². The highest BCUT2D eigenvalue weighted by Gasteiger charge is 2.38. The second-order valence-corrected chi connectivity index (χ2v) is 20.2. The van der Waals surface area contributed by atoms with E-state index in [1.54, 1.807) is 0 Å². The summed E-state index contributed by atoms with van der Waals surface area (Å²) in [7, 11) is 0. The molecule has 2 heterocycles. The second-order valence-electron chi connectivity index (χ2n) is 18.1. The van der Waals surface area contributed by atoms with Gasteiger partial charge in [0.25, 0.3) is 0 Å². The summed E-state index contributed by atoms with van der Waals surface area (Å²) in [4.78, 5) is 7.60.